The second-order valence-electron chi connectivity index (χ2n) is 4.39. The average molecular weight is 279 g/mol. The molecule has 0 amide bonds. The summed E-state index contributed by atoms with van der Waals surface area (Å²) in [6.07, 6.45) is -5.00. The summed E-state index contributed by atoms with van der Waals surface area (Å²) in [6.45, 7) is -0.0487. The van der Waals surface area contributed by atoms with E-state index in [0.29, 0.717) is 4.68 Å². The number of nitrogens with one attached hydrogen (secondary N) is 1. The fourth-order valence-electron chi connectivity index (χ4n) is 2.41. The molecule has 1 fully saturated rings. The number of hydrogen-bond donors (Lipinski definition) is 3. The highest BCUT2D eigenvalue weighted by molar-refractivity contribution is 5.72. The maximum absolute atomic E-state index is 12.9. The van der Waals surface area contributed by atoms with E-state index < -0.39 is 35.9 Å². The first-order chi connectivity index (χ1) is 8.73. The molecule has 1 aliphatic heterocycles. The molecule has 0 aliphatic carbocycles. The molecule has 19 heavy (non-hydrogen) atoms. The van der Waals surface area contributed by atoms with Crippen LogP contribution in [0.15, 0.2) is 6.20 Å². The summed E-state index contributed by atoms with van der Waals surface area (Å²) in [5, 5.41) is 24.5. The summed E-state index contributed by atoms with van der Waals surface area (Å²) in [5.41, 5.74) is -1.20. The van der Waals surface area contributed by atoms with E-state index in [-0.39, 0.29) is 12.1 Å². The quantitative estimate of drug-likeness (QED) is 0.717. The van der Waals surface area contributed by atoms with Crippen molar-refractivity contribution in [2.24, 2.45) is 13.0 Å². The Morgan fingerprint density at radius 1 is 1.58 bits per heavy atom. The molecule has 3 N–H and O–H groups in total. The first-order valence-electron chi connectivity index (χ1n) is 5.47. The molecule has 0 aromatic carbocycles. The molecule has 1 aromatic rings. The lowest BCUT2D eigenvalue weighted by Gasteiger charge is -2.18. The fraction of sp³-hybridized carbons (Fsp3) is 0.600. The monoisotopic (exact) mass is 279 g/mol. The van der Waals surface area contributed by atoms with Gasteiger partial charge in [-0.1, -0.05) is 0 Å². The normalized spacial score (nSPS) is 27.7. The Labute approximate surface area is 105 Å². The summed E-state index contributed by atoms with van der Waals surface area (Å²) in [7, 11) is 1.14. The molecule has 1 aliphatic rings. The Morgan fingerprint density at radius 2 is 2.21 bits per heavy atom. The fourth-order valence-corrected chi connectivity index (χ4v) is 2.41. The average Bonchev–Trinajstić information content (AvgIpc) is 2.80. The largest absolute Gasteiger partial charge is 0.481 e. The summed E-state index contributed by atoms with van der Waals surface area (Å²) >= 11 is 0. The minimum atomic E-state index is -4.63. The molecule has 1 unspecified atom stereocenters. The molecule has 0 bridgehead atoms. The molecule has 106 valence electrons. The SMILES string of the molecule is Cn1ncc([C@H]2CNC(O)[C@@H]2C(=O)O)c1C(F)(F)F. The third kappa shape index (κ3) is 2.30. The smallest absolute Gasteiger partial charge is 0.433 e. The number of carboxylic acid groups (broad SMARTS) is 1. The van der Waals surface area contributed by atoms with Gasteiger partial charge in [0.1, 0.15) is 17.8 Å². The molecule has 2 rings (SSSR count). The Hall–Kier alpha value is -1.61. The number of halogens is 3. The Balaban J connectivity index is 2.46. The Morgan fingerprint density at radius 3 is 2.74 bits per heavy atom. The molecule has 3 atom stereocenters. The maximum Gasteiger partial charge on any atom is 0.433 e. The second kappa shape index (κ2) is 4.49. The van der Waals surface area contributed by atoms with E-state index >= 15 is 0 Å². The van der Waals surface area contributed by atoms with Crippen LogP contribution in [0.5, 0.6) is 0 Å². The highest BCUT2D eigenvalue weighted by Crippen LogP contribution is 2.39. The lowest BCUT2D eigenvalue weighted by molar-refractivity contribution is -0.148. The zero-order valence-corrected chi connectivity index (χ0v) is 9.85. The molecule has 1 aromatic heterocycles. The molecule has 0 spiro atoms. The lowest BCUT2D eigenvalue weighted by Crippen LogP contribution is -2.32. The number of carboxylic acids is 1. The van der Waals surface area contributed by atoms with Crippen LogP contribution in [-0.4, -0.2) is 38.7 Å². The van der Waals surface area contributed by atoms with Crippen molar-refractivity contribution in [1.82, 2.24) is 15.1 Å². The number of aromatic nitrogens is 2. The van der Waals surface area contributed by atoms with Crippen LogP contribution in [0.25, 0.3) is 0 Å². The van der Waals surface area contributed by atoms with Crippen molar-refractivity contribution in [3.8, 4) is 0 Å². The van der Waals surface area contributed by atoms with Crippen LogP contribution in [0.1, 0.15) is 17.2 Å². The molecule has 9 heteroatoms. The highest BCUT2D eigenvalue weighted by Gasteiger charge is 2.46. The van der Waals surface area contributed by atoms with E-state index in [9.17, 15) is 23.1 Å². The Kier molecular flexibility index (Phi) is 3.27. The number of aryl methyl sites for hydroxylation is 1. The molecule has 6 nitrogen and oxygen atoms in total. The minimum Gasteiger partial charge on any atom is -0.481 e. The van der Waals surface area contributed by atoms with Crippen molar-refractivity contribution in [3.63, 3.8) is 0 Å². The standard InChI is InChI=1S/C10H12F3N3O3/c1-16-7(10(11,12)13)5(3-15-16)4-2-14-8(17)6(4)9(18)19/h3-4,6,8,14,17H,2H2,1H3,(H,18,19)/t4-,6-,8?/m1/s1. The third-order valence-electron chi connectivity index (χ3n) is 3.24. The molecular formula is C10H12F3N3O3. The van der Waals surface area contributed by atoms with Crippen LogP contribution in [0, 0.1) is 5.92 Å². The lowest BCUT2D eigenvalue weighted by atomic mass is 9.88. The topological polar surface area (TPSA) is 87.4 Å². The molecule has 0 radical (unpaired) electrons. The van der Waals surface area contributed by atoms with E-state index in [1.807, 2.05) is 0 Å². The van der Waals surface area contributed by atoms with Crippen molar-refractivity contribution in [1.29, 1.82) is 0 Å². The van der Waals surface area contributed by atoms with Gasteiger partial charge in [0, 0.05) is 25.1 Å². The predicted octanol–water partition coefficient (Wildman–Crippen LogP) is 0.145. The summed E-state index contributed by atoms with van der Waals surface area (Å²) in [6, 6.07) is 0. The van der Waals surface area contributed by atoms with Crippen LogP contribution in [0.2, 0.25) is 0 Å². The van der Waals surface area contributed by atoms with Crippen LogP contribution < -0.4 is 5.32 Å². The molecule has 1 saturated heterocycles. The van der Waals surface area contributed by atoms with Gasteiger partial charge >= 0.3 is 12.1 Å². The van der Waals surface area contributed by atoms with Gasteiger partial charge in [-0.3, -0.25) is 14.8 Å². The van der Waals surface area contributed by atoms with Crippen LogP contribution >= 0.6 is 0 Å². The van der Waals surface area contributed by atoms with Gasteiger partial charge in [-0.2, -0.15) is 18.3 Å². The molecule has 0 saturated carbocycles. The zero-order chi connectivity index (χ0) is 14.4. The van der Waals surface area contributed by atoms with Gasteiger partial charge in [-0.05, 0) is 0 Å². The van der Waals surface area contributed by atoms with Crippen molar-refractivity contribution in [2.45, 2.75) is 18.3 Å². The number of aliphatic hydroxyl groups is 1. The van der Waals surface area contributed by atoms with Crippen molar-refractivity contribution >= 4 is 5.97 Å². The van der Waals surface area contributed by atoms with Crippen molar-refractivity contribution < 1.29 is 28.2 Å². The number of hydrogen-bond acceptors (Lipinski definition) is 4. The molecular weight excluding hydrogens is 267 g/mol. The number of aliphatic carboxylic acids is 1. The number of aliphatic hydroxyl groups excluding tert-OH is 1. The van der Waals surface area contributed by atoms with Crippen molar-refractivity contribution in [3.05, 3.63) is 17.5 Å². The summed E-state index contributed by atoms with van der Waals surface area (Å²) in [5.74, 6) is -3.65. The predicted molar refractivity (Wildman–Crippen MR) is 56.1 cm³/mol. The van der Waals surface area contributed by atoms with E-state index in [1.165, 1.54) is 0 Å². The first kappa shape index (κ1) is 13.8. The van der Waals surface area contributed by atoms with E-state index in [1.54, 1.807) is 0 Å². The number of alkyl halides is 3. The number of rotatable bonds is 2. The van der Waals surface area contributed by atoms with Gasteiger partial charge < -0.3 is 10.2 Å². The van der Waals surface area contributed by atoms with Gasteiger partial charge in [0.2, 0.25) is 0 Å². The van der Waals surface area contributed by atoms with Crippen LogP contribution in [0.4, 0.5) is 13.2 Å². The number of carbonyl (C=O) groups is 1. The van der Waals surface area contributed by atoms with Gasteiger partial charge in [0.25, 0.3) is 0 Å². The van der Waals surface area contributed by atoms with Crippen molar-refractivity contribution in [2.75, 3.05) is 6.54 Å². The number of nitrogens with zero attached hydrogens (tertiary/aromatic N) is 2. The van der Waals surface area contributed by atoms with Gasteiger partial charge in [0.15, 0.2) is 0 Å². The highest BCUT2D eigenvalue weighted by atomic mass is 19.4. The first-order valence-corrected chi connectivity index (χ1v) is 5.47. The Bertz CT molecular complexity index is 500. The third-order valence-corrected chi connectivity index (χ3v) is 3.24. The van der Waals surface area contributed by atoms with Crippen LogP contribution in [0.3, 0.4) is 0 Å². The van der Waals surface area contributed by atoms with Gasteiger partial charge in [-0.25, -0.2) is 0 Å². The van der Waals surface area contributed by atoms with Gasteiger partial charge in [0.05, 0.1) is 6.20 Å². The van der Waals surface area contributed by atoms with E-state index in [4.69, 9.17) is 5.11 Å². The zero-order valence-electron chi connectivity index (χ0n) is 9.85. The maximum atomic E-state index is 12.9. The van der Waals surface area contributed by atoms with E-state index in [0.717, 1.165) is 13.2 Å². The molecule has 2 heterocycles. The van der Waals surface area contributed by atoms with E-state index in [2.05, 4.69) is 10.4 Å². The van der Waals surface area contributed by atoms with Gasteiger partial charge in [-0.15, -0.1) is 0 Å². The second-order valence-corrected chi connectivity index (χ2v) is 4.39. The summed E-state index contributed by atoms with van der Waals surface area (Å²) in [4.78, 5) is 11.1. The van der Waals surface area contributed by atoms with Crippen LogP contribution in [-0.2, 0) is 18.0 Å². The minimum absolute atomic E-state index is 0.0487. The summed E-state index contributed by atoms with van der Waals surface area (Å²) < 4.78 is 39.5.